The zero-order valence-electron chi connectivity index (χ0n) is 13.8. The fraction of sp³-hybridized carbons (Fsp3) is 0.500. The van der Waals surface area contributed by atoms with Gasteiger partial charge in [0, 0.05) is 32.4 Å². The van der Waals surface area contributed by atoms with Crippen LogP contribution < -0.4 is 4.74 Å². The molecule has 1 aromatic heterocycles. The molecule has 2 heterocycles. The van der Waals surface area contributed by atoms with Crippen LogP contribution in [0.1, 0.15) is 23.2 Å². The summed E-state index contributed by atoms with van der Waals surface area (Å²) in [6, 6.07) is 3.15. The number of hydrogen-bond donors (Lipinski definition) is 1. The maximum absolute atomic E-state index is 12.3. The first-order valence-electron chi connectivity index (χ1n) is 7.68. The maximum Gasteiger partial charge on any atom is 0.308 e. The molecule has 1 aliphatic heterocycles. The Labute approximate surface area is 140 Å². The van der Waals surface area contributed by atoms with Crippen molar-refractivity contribution >= 4 is 17.8 Å². The maximum atomic E-state index is 12.3. The van der Waals surface area contributed by atoms with E-state index in [1.54, 1.807) is 12.1 Å². The molecule has 1 saturated heterocycles. The lowest BCUT2D eigenvalue weighted by Gasteiger charge is -2.32. The minimum absolute atomic E-state index is 0.1000. The van der Waals surface area contributed by atoms with Gasteiger partial charge in [-0.15, -0.1) is 0 Å². The van der Waals surface area contributed by atoms with E-state index in [1.165, 1.54) is 30.2 Å². The second-order valence-electron chi connectivity index (χ2n) is 5.77. The number of likely N-dealkylation sites (N-methyl/N-ethyl adjacent to an activating group) is 1. The van der Waals surface area contributed by atoms with Gasteiger partial charge in [0.25, 0.3) is 5.91 Å². The van der Waals surface area contributed by atoms with Crippen molar-refractivity contribution in [1.82, 2.24) is 14.8 Å². The quantitative estimate of drug-likeness (QED) is 0.840. The summed E-state index contributed by atoms with van der Waals surface area (Å²) in [6.07, 6.45) is 2.62. The van der Waals surface area contributed by atoms with Gasteiger partial charge in [-0.25, -0.2) is 4.98 Å². The van der Waals surface area contributed by atoms with Gasteiger partial charge in [0.05, 0.1) is 25.1 Å². The van der Waals surface area contributed by atoms with Crippen LogP contribution in [0.25, 0.3) is 0 Å². The third-order valence-electron chi connectivity index (χ3n) is 4.03. The van der Waals surface area contributed by atoms with Gasteiger partial charge >= 0.3 is 5.97 Å². The van der Waals surface area contributed by atoms with Crippen LogP contribution in [0.3, 0.4) is 0 Å². The van der Waals surface area contributed by atoms with Crippen LogP contribution in [0, 0.1) is 5.92 Å². The number of ether oxygens (including phenoxy) is 1. The number of nitrogens with zero attached hydrogens (tertiary/aromatic N) is 3. The SMILES string of the molecule is COc1ccc(C(=O)N(C)CC(=O)N2CCCC(C(=O)O)C2)cn1. The third-order valence-corrected chi connectivity index (χ3v) is 4.03. The molecule has 130 valence electrons. The molecule has 2 amide bonds. The lowest BCUT2D eigenvalue weighted by atomic mass is 9.98. The molecule has 0 radical (unpaired) electrons. The van der Waals surface area contributed by atoms with Gasteiger partial charge < -0.3 is 19.6 Å². The second-order valence-corrected chi connectivity index (χ2v) is 5.77. The van der Waals surface area contributed by atoms with Crippen molar-refractivity contribution in [1.29, 1.82) is 0 Å². The minimum atomic E-state index is -0.888. The van der Waals surface area contributed by atoms with E-state index in [1.807, 2.05) is 0 Å². The van der Waals surface area contributed by atoms with Crippen molar-refractivity contribution in [3.63, 3.8) is 0 Å². The fourth-order valence-electron chi connectivity index (χ4n) is 2.63. The molecule has 1 N–H and O–H groups in total. The number of likely N-dealkylation sites (tertiary alicyclic amines) is 1. The van der Waals surface area contributed by atoms with E-state index < -0.39 is 11.9 Å². The van der Waals surface area contributed by atoms with Crippen LogP contribution in [0.2, 0.25) is 0 Å². The number of piperidine rings is 1. The summed E-state index contributed by atoms with van der Waals surface area (Å²) in [5.74, 6) is -1.60. The molecule has 1 fully saturated rings. The third kappa shape index (κ3) is 4.21. The van der Waals surface area contributed by atoms with Gasteiger partial charge in [-0.05, 0) is 18.9 Å². The first-order chi connectivity index (χ1) is 11.4. The number of pyridine rings is 1. The molecule has 0 aromatic carbocycles. The zero-order chi connectivity index (χ0) is 17.7. The molecule has 24 heavy (non-hydrogen) atoms. The predicted octanol–water partition coefficient (Wildman–Crippen LogP) is 0.485. The van der Waals surface area contributed by atoms with Crippen molar-refractivity contribution in [2.75, 3.05) is 33.8 Å². The summed E-state index contributed by atoms with van der Waals surface area (Å²) < 4.78 is 4.94. The topological polar surface area (TPSA) is 100 Å². The molecule has 8 nitrogen and oxygen atoms in total. The monoisotopic (exact) mass is 335 g/mol. The molecule has 0 aliphatic carbocycles. The summed E-state index contributed by atoms with van der Waals surface area (Å²) in [6.45, 7) is 0.617. The Morgan fingerprint density at radius 1 is 1.42 bits per heavy atom. The first kappa shape index (κ1) is 17.7. The van der Waals surface area contributed by atoms with E-state index in [2.05, 4.69) is 4.98 Å². The number of rotatable bonds is 5. The molecule has 1 aliphatic rings. The second kappa shape index (κ2) is 7.76. The van der Waals surface area contributed by atoms with Crippen molar-refractivity contribution < 1.29 is 24.2 Å². The molecular weight excluding hydrogens is 314 g/mol. The Morgan fingerprint density at radius 3 is 2.75 bits per heavy atom. The fourth-order valence-corrected chi connectivity index (χ4v) is 2.63. The first-order valence-corrected chi connectivity index (χ1v) is 7.68. The molecule has 0 saturated carbocycles. The summed E-state index contributed by atoms with van der Waals surface area (Å²) in [4.78, 5) is 42.5. The van der Waals surface area contributed by atoms with Gasteiger partial charge in [0.15, 0.2) is 0 Å². The Balaban J connectivity index is 1.94. The lowest BCUT2D eigenvalue weighted by molar-refractivity contribution is -0.145. The molecular formula is C16H21N3O5. The van der Waals surface area contributed by atoms with E-state index >= 15 is 0 Å². The normalized spacial score (nSPS) is 17.2. The van der Waals surface area contributed by atoms with Gasteiger partial charge in [-0.2, -0.15) is 0 Å². The van der Waals surface area contributed by atoms with Crippen LogP contribution in [0.4, 0.5) is 0 Å². The summed E-state index contributed by atoms with van der Waals surface area (Å²) in [5.41, 5.74) is 0.355. The van der Waals surface area contributed by atoms with Crippen LogP contribution in [-0.2, 0) is 9.59 Å². The number of carboxylic acids is 1. The van der Waals surface area contributed by atoms with E-state index in [4.69, 9.17) is 9.84 Å². The minimum Gasteiger partial charge on any atom is -0.481 e. The predicted molar refractivity (Wildman–Crippen MR) is 84.7 cm³/mol. The van der Waals surface area contributed by atoms with Crippen LogP contribution in [0.15, 0.2) is 18.3 Å². The highest BCUT2D eigenvalue weighted by molar-refractivity contribution is 5.96. The van der Waals surface area contributed by atoms with Crippen molar-refractivity contribution in [3.05, 3.63) is 23.9 Å². The van der Waals surface area contributed by atoms with Crippen LogP contribution in [0.5, 0.6) is 5.88 Å². The van der Waals surface area contributed by atoms with E-state index in [-0.39, 0.29) is 24.9 Å². The van der Waals surface area contributed by atoms with Gasteiger partial charge in [0.1, 0.15) is 0 Å². The summed E-state index contributed by atoms with van der Waals surface area (Å²) in [5, 5.41) is 9.08. The molecule has 8 heteroatoms. The standard InChI is InChI=1S/C16H21N3O5/c1-18(15(21)11-5-6-13(24-2)17-8-11)10-14(20)19-7-3-4-12(9-19)16(22)23/h5-6,8,12H,3-4,7,9-10H2,1-2H3,(H,22,23). The van der Waals surface area contributed by atoms with Crippen molar-refractivity contribution in [2.45, 2.75) is 12.8 Å². The highest BCUT2D eigenvalue weighted by atomic mass is 16.5. The highest BCUT2D eigenvalue weighted by Crippen LogP contribution is 2.17. The molecule has 1 unspecified atom stereocenters. The number of aliphatic carboxylic acids is 1. The average Bonchev–Trinajstić information content (AvgIpc) is 2.61. The van der Waals surface area contributed by atoms with Gasteiger partial charge in [-0.1, -0.05) is 0 Å². The number of methoxy groups -OCH3 is 1. The Hall–Kier alpha value is -2.64. The van der Waals surface area contributed by atoms with Crippen LogP contribution >= 0.6 is 0 Å². The zero-order valence-corrected chi connectivity index (χ0v) is 13.8. The molecule has 2 rings (SSSR count). The molecule has 0 spiro atoms. The number of aromatic nitrogens is 1. The number of carboxylic acid groups (broad SMARTS) is 1. The van der Waals surface area contributed by atoms with Gasteiger partial charge in [-0.3, -0.25) is 14.4 Å². The van der Waals surface area contributed by atoms with E-state index in [9.17, 15) is 14.4 Å². The van der Waals surface area contributed by atoms with Crippen molar-refractivity contribution in [3.8, 4) is 5.88 Å². The molecule has 0 bridgehead atoms. The average molecular weight is 335 g/mol. The smallest absolute Gasteiger partial charge is 0.308 e. The lowest BCUT2D eigenvalue weighted by Crippen LogP contribution is -2.46. The van der Waals surface area contributed by atoms with E-state index in [0.717, 1.165) is 0 Å². The van der Waals surface area contributed by atoms with Gasteiger partial charge in [0.2, 0.25) is 11.8 Å². The number of hydrogen-bond acceptors (Lipinski definition) is 5. The molecule has 1 aromatic rings. The van der Waals surface area contributed by atoms with Crippen molar-refractivity contribution in [2.24, 2.45) is 5.92 Å². The largest absolute Gasteiger partial charge is 0.481 e. The van der Waals surface area contributed by atoms with E-state index in [0.29, 0.717) is 30.8 Å². The number of carbonyl (C=O) groups excluding carboxylic acids is 2. The number of amides is 2. The number of carbonyl (C=O) groups is 3. The highest BCUT2D eigenvalue weighted by Gasteiger charge is 2.29. The summed E-state index contributed by atoms with van der Waals surface area (Å²) >= 11 is 0. The Kier molecular flexibility index (Phi) is 5.73. The summed E-state index contributed by atoms with van der Waals surface area (Å²) in [7, 11) is 3.01. The van der Waals surface area contributed by atoms with Crippen LogP contribution in [-0.4, -0.2) is 71.5 Å². The molecule has 1 atom stereocenters. The Bertz CT molecular complexity index is 617. The Morgan fingerprint density at radius 2 is 2.17 bits per heavy atom.